The van der Waals surface area contributed by atoms with E-state index in [0.717, 1.165) is 5.69 Å². The van der Waals surface area contributed by atoms with Gasteiger partial charge in [0.1, 0.15) is 0 Å². The van der Waals surface area contributed by atoms with E-state index in [1.54, 1.807) is 18.0 Å². The van der Waals surface area contributed by atoms with Crippen LogP contribution in [0.5, 0.6) is 0 Å². The minimum Gasteiger partial charge on any atom is -0.376 e. The minimum absolute atomic E-state index is 0.0583. The van der Waals surface area contributed by atoms with Crippen molar-refractivity contribution in [3.8, 4) is 0 Å². The molecule has 106 valence electrons. The van der Waals surface area contributed by atoms with Crippen LogP contribution in [0, 0.1) is 6.92 Å². The Balaban J connectivity index is 1.72. The minimum atomic E-state index is -0.178. The Morgan fingerprint density at radius 2 is 2.42 bits per heavy atom. The van der Waals surface area contributed by atoms with Crippen LogP contribution < -0.4 is 5.32 Å². The second kappa shape index (κ2) is 6.53. The van der Waals surface area contributed by atoms with Gasteiger partial charge in [0.15, 0.2) is 5.76 Å². The Morgan fingerprint density at radius 1 is 1.58 bits per heavy atom. The van der Waals surface area contributed by atoms with Crippen molar-refractivity contribution in [2.24, 2.45) is 0 Å². The molecule has 1 aromatic rings. The van der Waals surface area contributed by atoms with Gasteiger partial charge in [-0.3, -0.25) is 0 Å². The lowest BCUT2D eigenvalue weighted by molar-refractivity contribution is -0.0928. The van der Waals surface area contributed by atoms with Crippen molar-refractivity contribution < 1.29 is 18.8 Å². The molecule has 1 atom stereocenters. The highest BCUT2D eigenvalue weighted by Crippen LogP contribution is 2.04. The lowest BCUT2D eigenvalue weighted by Crippen LogP contribution is -2.44. The average Bonchev–Trinajstić information content (AvgIpc) is 2.83. The number of carbonyl (C=O) groups excluding carboxylic acids is 1. The molecule has 1 fully saturated rings. The first-order chi connectivity index (χ1) is 9.15. The van der Waals surface area contributed by atoms with E-state index in [1.807, 2.05) is 6.92 Å². The third kappa shape index (κ3) is 4.22. The molecule has 1 N–H and O–H groups in total. The Morgan fingerprint density at radius 3 is 3.05 bits per heavy atom. The van der Waals surface area contributed by atoms with Gasteiger partial charge in [-0.1, -0.05) is 5.16 Å². The van der Waals surface area contributed by atoms with Crippen LogP contribution in [0.3, 0.4) is 0 Å². The second-order valence-corrected chi connectivity index (χ2v) is 4.54. The monoisotopic (exact) mass is 269 g/mol. The van der Waals surface area contributed by atoms with Crippen molar-refractivity contribution in [1.82, 2.24) is 15.4 Å². The van der Waals surface area contributed by atoms with Crippen molar-refractivity contribution in [2.45, 2.75) is 19.6 Å². The predicted octanol–water partition coefficient (Wildman–Crippen LogP) is 0.540. The van der Waals surface area contributed by atoms with Gasteiger partial charge in [0, 0.05) is 13.1 Å². The summed E-state index contributed by atoms with van der Waals surface area (Å²) in [4.78, 5) is 13.4. The summed E-state index contributed by atoms with van der Waals surface area (Å²) in [5.41, 5.74) is 0.797. The highest BCUT2D eigenvalue weighted by molar-refractivity contribution is 5.73. The number of nitrogens with zero attached hydrogens (tertiary/aromatic N) is 2. The lowest BCUT2D eigenvalue weighted by Gasteiger charge is -2.27. The number of nitrogens with one attached hydrogen (secondary N) is 1. The molecular weight excluding hydrogens is 250 g/mol. The summed E-state index contributed by atoms with van der Waals surface area (Å²) in [6.45, 7) is 4.39. The van der Waals surface area contributed by atoms with Crippen molar-refractivity contribution in [1.29, 1.82) is 0 Å². The number of amides is 2. The first-order valence-electron chi connectivity index (χ1n) is 6.25. The zero-order valence-corrected chi connectivity index (χ0v) is 11.2. The average molecular weight is 269 g/mol. The fraction of sp³-hybridized carbons (Fsp3) is 0.667. The molecule has 0 aromatic carbocycles. The number of hydrogen-bond acceptors (Lipinski definition) is 5. The molecule has 2 heterocycles. The van der Waals surface area contributed by atoms with Gasteiger partial charge in [0.25, 0.3) is 0 Å². The number of aromatic nitrogens is 1. The van der Waals surface area contributed by atoms with Crippen LogP contribution in [0.15, 0.2) is 10.6 Å². The summed E-state index contributed by atoms with van der Waals surface area (Å²) in [6, 6.07) is 1.61. The van der Waals surface area contributed by atoms with Crippen LogP contribution in [0.2, 0.25) is 0 Å². The molecule has 1 saturated heterocycles. The van der Waals surface area contributed by atoms with Crippen LogP contribution in [0.25, 0.3) is 0 Å². The highest BCUT2D eigenvalue weighted by Gasteiger charge is 2.19. The lowest BCUT2D eigenvalue weighted by atomic mass is 10.3. The summed E-state index contributed by atoms with van der Waals surface area (Å²) in [5.74, 6) is 0.636. The van der Waals surface area contributed by atoms with E-state index in [0.29, 0.717) is 38.7 Å². The molecule has 19 heavy (non-hydrogen) atoms. The second-order valence-electron chi connectivity index (χ2n) is 4.54. The molecule has 1 aliphatic rings. The van der Waals surface area contributed by atoms with Gasteiger partial charge < -0.3 is 24.2 Å². The van der Waals surface area contributed by atoms with Gasteiger partial charge >= 0.3 is 6.03 Å². The number of ether oxygens (including phenoxy) is 2. The Bertz CT molecular complexity index is 415. The maximum absolute atomic E-state index is 11.9. The van der Waals surface area contributed by atoms with E-state index in [4.69, 9.17) is 14.0 Å². The van der Waals surface area contributed by atoms with Gasteiger partial charge in [0.05, 0.1) is 44.7 Å². The molecule has 1 unspecified atom stereocenters. The number of likely N-dealkylation sites (N-methyl/N-ethyl adjacent to an activating group) is 1. The SMILES string of the molecule is Cc1cc(CNC(=O)N(C)CC2COCCO2)on1. The Labute approximate surface area is 111 Å². The smallest absolute Gasteiger partial charge is 0.317 e. The molecule has 0 radical (unpaired) electrons. The van der Waals surface area contributed by atoms with Gasteiger partial charge in [0.2, 0.25) is 0 Å². The van der Waals surface area contributed by atoms with Crippen molar-refractivity contribution in [2.75, 3.05) is 33.4 Å². The first-order valence-corrected chi connectivity index (χ1v) is 6.25. The van der Waals surface area contributed by atoms with E-state index in [1.165, 1.54) is 0 Å². The fourth-order valence-corrected chi connectivity index (χ4v) is 1.83. The fourth-order valence-electron chi connectivity index (χ4n) is 1.83. The van der Waals surface area contributed by atoms with Crippen LogP contribution >= 0.6 is 0 Å². The van der Waals surface area contributed by atoms with Crippen LogP contribution in [-0.4, -0.2) is 55.6 Å². The summed E-state index contributed by atoms with van der Waals surface area (Å²) in [5, 5.41) is 6.52. The number of urea groups is 1. The Hall–Kier alpha value is -1.60. The summed E-state index contributed by atoms with van der Waals surface area (Å²) in [6.07, 6.45) is -0.0583. The largest absolute Gasteiger partial charge is 0.376 e. The topological polar surface area (TPSA) is 76.8 Å². The summed E-state index contributed by atoms with van der Waals surface area (Å²) >= 11 is 0. The highest BCUT2D eigenvalue weighted by atomic mass is 16.6. The quantitative estimate of drug-likeness (QED) is 0.863. The number of hydrogen-bond donors (Lipinski definition) is 1. The maximum atomic E-state index is 11.9. The number of carbonyl (C=O) groups is 1. The third-order valence-electron chi connectivity index (χ3n) is 2.80. The molecule has 2 amide bonds. The van der Waals surface area contributed by atoms with E-state index >= 15 is 0 Å². The predicted molar refractivity (Wildman–Crippen MR) is 66.7 cm³/mol. The molecule has 7 heteroatoms. The molecule has 0 saturated carbocycles. The van der Waals surface area contributed by atoms with Crippen LogP contribution in [0.1, 0.15) is 11.5 Å². The third-order valence-corrected chi connectivity index (χ3v) is 2.80. The number of rotatable bonds is 4. The van der Waals surface area contributed by atoms with E-state index < -0.39 is 0 Å². The standard InChI is InChI=1S/C12H19N3O4/c1-9-5-10(19-14-9)6-13-12(16)15(2)7-11-8-17-3-4-18-11/h5,11H,3-4,6-8H2,1-2H3,(H,13,16). The summed E-state index contributed by atoms with van der Waals surface area (Å²) < 4.78 is 15.8. The molecular formula is C12H19N3O4. The molecule has 1 aromatic heterocycles. The van der Waals surface area contributed by atoms with Crippen molar-refractivity contribution >= 4 is 6.03 Å². The maximum Gasteiger partial charge on any atom is 0.317 e. The van der Waals surface area contributed by atoms with E-state index in [-0.39, 0.29) is 12.1 Å². The van der Waals surface area contributed by atoms with Crippen molar-refractivity contribution in [3.63, 3.8) is 0 Å². The summed E-state index contributed by atoms with van der Waals surface area (Å²) in [7, 11) is 1.72. The molecule has 1 aliphatic heterocycles. The molecule has 2 rings (SSSR count). The van der Waals surface area contributed by atoms with Gasteiger partial charge in [-0.2, -0.15) is 0 Å². The molecule has 7 nitrogen and oxygen atoms in total. The van der Waals surface area contributed by atoms with E-state index in [9.17, 15) is 4.79 Å². The van der Waals surface area contributed by atoms with Crippen LogP contribution in [0.4, 0.5) is 4.79 Å². The number of aryl methyl sites for hydroxylation is 1. The van der Waals surface area contributed by atoms with Gasteiger partial charge in [-0.15, -0.1) is 0 Å². The zero-order valence-electron chi connectivity index (χ0n) is 11.2. The first kappa shape index (κ1) is 13.8. The van der Waals surface area contributed by atoms with Crippen LogP contribution in [-0.2, 0) is 16.0 Å². The zero-order chi connectivity index (χ0) is 13.7. The van der Waals surface area contributed by atoms with Crippen molar-refractivity contribution in [3.05, 3.63) is 17.5 Å². The normalized spacial score (nSPS) is 19.2. The molecule has 0 aliphatic carbocycles. The molecule has 0 spiro atoms. The van der Waals surface area contributed by atoms with E-state index in [2.05, 4.69) is 10.5 Å². The Kier molecular flexibility index (Phi) is 4.75. The van der Waals surface area contributed by atoms with Gasteiger partial charge in [-0.25, -0.2) is 4.79 Å². The molecule has 0 bridgehead atoms. The van der Waals surface area contributed by atoms with Gasteiger partial charge in [-0.05, 0) is 6.92 Å².